The SMILES string of the molecule is COC(=O)[C@H]1CC(=S)c2c(OC)c(CCl)cc(=O)n21. The molecule has 102 valence electrons. The van der Waals surface area contributed by atoms with Gasteiger partial charge in [-0.2, -0.15) is 0 Å². The van der Waals surface area contributed by atoms with Gasteiger partial charge in [0.25, 0.3) is 5.56 Å². The first-order chi connectivity index (χ1) is 9.04. The molecule has 0 fully saturated rings. The largest absolute Gasteiger partial charge is 0.494 e. The zero-order valence-electron chi connectivity index (χ0n) is 10.4. The quantitative estimate of drug-likeness (QED) is 0.480. The van der Waals surface area contributed by atoms with Crippen LogP contribution in [0.4, 0.5) is 0 Å². The van der Waals surface area contributed by atoms with Crippen molar-refractivity contribution in [1.82, 2.24) is 4.57 Å². The molecular formula is C12H12ClNO4S. The summed E-state index contributed by atoms with van der Waals surface area (Å²) in [6.07, 6.45) is 0.263. The Labute approximate surface area is 120 Å². The Bertz CT molecular complexity index is 610. The molecule has 0 bridgehead atoms. The molecule has 1 aliphatic rings. The lowest BCUT2D eigenvalue weighted by Gasteiger charge is -2.15. The van der Waals surface area contributed by atoms with Crippen LogP contribution in [0.2, 0.25) is 0 Å². The predicted octanol–water partition coefficient (Wildman–Crippen LogP) is 1.43. The fraction of sp³-hybridized carbons (Fsp3) is 0.417. The summed E-state index contributed by atoms with van der Waals surface area (Å²) in [4.78, 5) is 24.3. The number of ether oxygens (including phenoxy) is 2. The van der Waals surface area contributed by atoms with Gasteiger partial charge in [-0.1, -0.05) is 12.2 Å². The van der Waals surface area contributed by atoms with Crippen LogP contribution in [0.3, 0.4) is 0 Å². The van der Waals surface area contributed by atoms with E-state index in [-0.39, 0.29) is 17.9 Å². The van der Waals surface area contributed by atoms with Gasteiger partial charge < -0.3 is 9.47 Å². The fourth-order valence-electron chi connectivity index (χ4n) is 2.24. The lowest BCUT2D eigenvalue weighted by molar-refractivity contribution is -0.144. The molecule has 0 radical (unpaired) electrons. The fourth-order valence-corrected chi connectivity index (χ4v) is 2.79. The van der Waals surface area contributed by atoms with Crippen LogP contribution >= 0.6 is 23.8 Å². The van der Waals surface area contributed by atoms with Crippen molar-refractivity contribution in [2.75, 3.05) is 14.2 Å². The number of pyridine rings is 1. The second-order valence-electron chi connectivity index (χ2n) is 4.06. The normalized spacial score (nSPS) is 17.2. The second-order valence-corrected chi connectivity index (χ2v) is 4.82. The molecule has 0 saturated heterocycles. The summed E-state index contributed by atoms with van der Waals surface area (Å²) in [7, 11) is 2.75. The van der Waals surface area contributed by atoms with Crippen LogP contribution < -0.4 is 10.3 Å². The number of methoxy groups -OCH3 is 2. The van der Waals surface area contributed by atoms with Gasteiger partial charge >= 0.3 is 5.97 Å². The third-order valence-electron chi connectivity index (χ3n) is 3.06. The molecule has 0 unspecified atom stereocenters. The van der Waals surface area contributed by atoms with E-state index in [1.165, 1.54) is 24.9 Å². The number of nitrogens with zero attached hydrogens (tertiary/aromatic N) is 1. The molecule has 1 aromatic heterocycles. The van der Waals surface area contributed by atoms with E-state index < -0.39 is 12.0 Å². The zero-order chi connectivity index (χ0) is 14.2. The van der Waals surface area contributed by atoms with Crippen molar-refractivity contribution in [1.29, 1.82) is 0 Å². The number of esters is 1. The van der Waals surface area contributed by atoms with Crippen LogP contribution in [-0.4, -0.2) is 29.6 Å². The molecule has 5 nitrogen and oxygen atoms in total. The molecule has 2 heterocycles. The van der Waals surface area contributed by atoms with E-state index in [0.717, 1.165) is 0 Å². The Balaban J connectivity index is 2.72. The first-order valence-corrected chi connectivity index (χ1v) is 6.48. The molecule has 0 N–H and O–H groups in total. The van der Waals surface area contributed by atoms with E-state index in [1.807, 2.05) is 0 Å². The highest BCUT2D eigenvalue weighted by Crippen LogP contribution is 2.34. The molecule has 0 spiro atoms. The average Bonchev–Trinajstić information content (AvgIpc) is 2.76. The van der Waals surface area contributed by atoms with Crippen molar-refractivity contribution >= 4 is 34.7 Å². The highest BCUT2D eigenvalue weighted by atomic mass is 35.5. The Morgan fingerprint density at radius 1 is 1.58 bits per heavy atom. The number of rotatable bonds is 3. The summed E-state index contributed by atoms with van der Waals surface area (Å²) in [5.74, 6) is 0.0903. The lowest BCUT2D eigenvalue weighted by Crippen LogP contribution is -2.28. The number of carbonyl (C=O) groups is 1. The van der Waals surface area contributed by atoms with Gasteiger partial charge in [-0.25, -0.2) is 4.79 Å². The second kappa shape index (κ2) is 5.30. The topological polar surface area (TPSA) is 57.5 Å². The monoisotopic (exact) mass is 301 g/mol. The number of hydrogen-bond acceptors (Lipinski definition) is 5. The zero-order valence-corrected chi connectivity index (χ0v) is 12.0. The van der Waals surface area contributed by atoms with E-state index in [9.17, 15) is 9.59 Å². The number of alkyl halides is 1. The van der Waals surface area contributed by atoms with Gasteiger partial charge in [0.2, 0.25) is 0 Å². The maximum absolute atomic E-state index is 12.1. The maximum atomic E-state index is 12.1. The van der Waals surface area contributed by atoms with Gasteiger partial charge in [0, 0.05) is 22.9 Å². The third kappa shape index (κ3) is 2.15. The molecular weight excluding hydrogens is 290 g/mol. The Morgan fingerprint density at radius 3 is 2.79 bits per heavy atom. The summed E-state index contributed by atoms with van der Waals surface area (Å²) in [5, 5.41) is 0. The molecule has 0 aromatic carbocycles. The molecule has 1 aromatic rings. The van der Waals surface area contributed by atoms with Gasteiger partial charge in [-0.3, -0.25) is 9.36 Å². The van der Waals surface area contributed by atoms with Crippen LogP contribution in [0, 0.1) is 0 Å². The van der Waals surface area contributed by atoms with Crippen molar-refractivity contribution in [3.63, 3.8) is 0 Å². The number of aromatic nitrogens is 1. The maximum Gasteiger partial charge on any atom is 0.329 e. The number of hydrogen-bond donors (Lipinski definition) is 0. The van der Waals surface area contributed by atoms with Gasteiger partial charge in [0.15, 0.2) is 0 Å². The highest BCUT2D eigenvalue weighted by molar-refractivity contribution is 7.80. The standard InChI is InChI=1S/C12H12ClNO4S/c1-17-11-6(5-13)3-9(15)14-7(12(16)18-2)4-8(19)10(11)14/h3,7H,4-5H2,1-2H3/t7-/m1/s1. The molecule has 0 aliphatic carbocycles. The average molecular weight is 302 g/mol. The molecule has 1 aliphatic heterocycles. The lowest BCUT2D eigenvalue weighted by atomic mass is 10.1. The third-order valence-corrected chi connectivity index (χ3v) is 3.71. The number of fused-ring (bicyclic) bond motifs is 1. The molecule has 0 saturated carbocycles. The van der Waals surface area contributed by atoms with Crippen LogP contribution in [-0.2, 0) is 15.4 Å². The molecule has 0 amide bonds. The van der Waals surface area contributed by atoms with Gasteiger partial charge in [-0.15, -0.1) is 11.6 Å². The van der Waals surface area contributed by atoms with Crippen molar-refractivity contribution in [2.45, 2.75) is 18.3 Å². The predicted molar refractivity (Wildman–Crippen MR) is 74.2 cm³/mol. The Hall–Kier alpha value is -1.40. The number of thiocarbonyl (C=S) groups is 1. The number of halogens is 1. The van der Waals surface area contributed by atoms with E-state index >= 15 is 0 Å². The van der Waals surface area contributed by atoms with Crippen molar-refractivity contribution in [3.8, 4) is 5.75 Å². The van der Waals surface area contributed by atoms with E-state index in [1.54, 1.807) is 0 Å². The Kier molecular flexibility index (Phi) is 3.91. The summed E-state index contributed by atoms with van der Waals surface area (Å²) < 4.78 is 11.3. The summed E-state index contributed by atoms with van der Waals surface area (Å²) in [6.45, 7) is 0. The van der Waals surface area contributed by atoms with Crippen LogP contribution in [0.5, 0.6) is 5.75 Å². The van der Waals surface area contributed by atoms with E-state index in [2.05, 4.69) is 0 Å². The summed E-state index contributed by atoms with van der Waals surface area (Å²) >= 11 is 11.0. The van der Waals surface area contributed by atoms with Crippen LogP contribution in [0.25, 0.3) is 0 Å². The smallest absolute Gasteiger partial charge is 0.329 e. The summed E-state index contributed by atoms with van der Waals surface area (Å²) in [6, 6.07) is 0.637. The van der Waals surface area contributed by atoms with Gasteiger partial charge in [0.05, 0.1) is 20.1 Å². The van der Waals surface area contributed by atoms with E-state index in [4.69, 9.17) is 33.3 Å². The highest BCUT2D eigenvalue weighted by Gasteiger charge is 2.36. The van der Waals surface area contributed by atoms with Crippen LogP contribution in [0.15, 0.2) is 10.9 Å². The molecule has 7 heteroatoms. The first-order valence-electron chi connectivity index (χ1n) is 5.54. The van der Waals surface area contributed by atoms with Gasteiger partial charge in [0.1, 0.15) is 17.5 Å². The van der Waals surface area contributed by atoms with Crippen molar-refractivity contribution < 1.29 is 14.3 Å². The van der Waals surface area contributed by atoms with E-state index in [0.29, 0.717) is 21.9 Å². The summed E-state index contributed by atoms with van der Waals surface area (Å²) in [5.41, 5.74) is 0.686. The molecule has 19 heavy (non-hydrogen) atoms. The first kappa shape index (κ1) is 14.0. The Morgan fingerprint density at radius 2 is 2.26 bits per heavy atom. The van der Waals surface area contributed by atoms with Crippen molar-refractivity contribution in [2.24, 2.45) is 0 Å². The molecule has 2 rings (SSSR count). The van der Waals surface area contributed by atoms with Crippen LogP contribution in [0.1, 0.15) is 23.7 Å². The number of carbonyl (C=O) groups excluding carboxylic acids is 1. The van der Waals surface area contributed by atoms with Gasteiger partial charge in [-0.05, 0) is 0 Å². The minimum Gasteiger partial charge on any atom is -0.494 e. The minimum absolute atomic E-state index is 0.137. The minimum atomic E-state index is -0.724. The van der Waals surface area contributed by atoms with Crippen molar-refractivity contribution in [3.05, 3.63) is 27.7 Å². The molecule has 1 atom stereocenters.